The fourth-order valence-corrected chi connectivity index (χ4v) is 3.71. The molecule has 0 radical (unpaired) electrons. The van der Waals surface area contributed by atoms with Crippen molar-refractivity contribution >= 4 is 9.84 Å². The Balaban J connectivity index is 2.35. The van der Waals surface area contributed by atoms with Gasteiger partial charge in [0.1, 0.15) is 0 Å². The quantitative estimate of drug-likeness (QED) is 0.703. The maximum atomic E-state index is 11.4. The third-order valence-electron chi connectivity index (χ3n) is 3.16. The molecule has 5 heteroatoms. The highest BCUT2D eigenvalue weighted by Crippen LogP contribution is 2.13. The zero-order valence-corrected chi connectivity index (χ0v) is 10.9. The highest BCUT2D eigenvalue weighted by Gasteiger charge is 2.29. The summed E-state index contributed by atoms with van der Waals surface area (Å²) in [7, 11) is -2.91. The standard InChI is InChI=1S/C11H23NO3S/c1-2-3-4-5-6-12-7-8-16(14,15)10-11(12)9-13/h11,13H,2-10H2,1H3/t11-/m1/s1. The molecule has 0 aromatic carbocycles. The Labute approximate surface area is 98.6 Å². The lowest BCUT2D eigenvalue weighted by atomic mass is 10.2. The summed E-state index contributed by atoms with van der Waals surface area (Å²) >= 11 is 0. The summed E-state index contributed by atoms with van der Waals surface area (Å²) in [5.41, 5.74) is 0. The van der Waals surface area contributed by atoms with Gasteiger partial charge >= 0.3 is 0 Å². The molecule has 96 valence electrons. The van der Waals surface area contributed by atoms with E-state index in [1.54, 1.807) is 0 Å². The number of aliphatic hydroxyl groups excluding tert-OH is 1. The van der Waals surface area contributed by atoms with Crippen LogP contribution in [0, 0.1) is 0 Å². The SMILES string of the molecule is CCCCCCN1CCS(=O)(=O)C[C@H]1CO. The molecule has 0 amide bonds. The summed E-state index contributed by atoms with van der Waals surface area (Å²) in [5.74, 6) is 0.370. The van der Waals surface area contributed by atoms with E-state index in [0.717, 1.165) is 13.0 Å². The van der Waals surface area contributed by atoms with Crippen LogP contribution in [0.15, 0.2) is 0 Å². The van der Waals surface area contributed by atoms with Crippen molar-refractivity contribution in [2.75, 3.05) is 31.2 Å². The van der Waals surface area contributed by atoms with Gasteiger partial charge in [0, 0.05) is 12.6 Å². The highest BCUT2D eigenvalue weighted by atomic mass is 32.2. The van der Waals surface area contributed by atoms with Gasteiger partial charge in [0.2, 0.25) is 0 Å². The molecule has 1 aliphatic rings. The first-order valence-electron chi connectivity index (χ1n) is 6.14. The Morgan fingerprint density at radius 2 is 2.06 bits per heavy atom. The molecule has 0 bridgehead atoms. The van der Waals surface area contributed by atoms with Gasteiger partial charge in [-0.05, 0) is 13.0 Å². The number of sulfone groups is 1. The fourth-order valence-electron chi connectivity index (χ4n) is 2.13. The summed E-state index contributed by atoms with van der Waals surface area (Å²) in [5, 5.41) is 9.19. The maximum Gasteiger partial charge on any atom is 0.153 e. The average molecular weight is 249 g/mol. The fraction of sp³-hybridized carbons (Fsp3) is 1.00. The summed E-state index contributed by atoms with van der Waals surface area (Å²) in [6, 6.07) is -0.180. The molecule has 1 fully saturated rings. The first-order chi connectivity index (χ1) is 7.59. The Morgan fingerprint density at radius 1 is 1.31 bits per heavy atom. The predicted molar refractivity (Wildman–Crippen MR) is 65.2 cm³/mol. The maximum absolute atomic E-state index is 11.4. The zero-order chi connectivity index (χ0) is 12.0. The van der Waals surface area contributed by atoms with Crippen molar-refractivity contribution in [3.05, 3.63) is 0 Å². The second-order valence-corrected chi connectivity index (χ2v) is 6.78. The predicted octanol–water partition coefficient (Wildman–Crippen LogP) is 0.658. The molecular formula is C11H23NO3S. The van der Waals surface area contributed by atoms with Crippen LogP contribution in [0.5, 0.6) is 0 Å². The van der Waals surface area contributed by atoms with E-state index in [4.69, 9.17) is 0 Å². The van der Waals surface area contributed by atoms with Gasteiger partial charge in [-0.15, -0.1) is 0 Å². The van der Waals surface area contributed by atoms with E-state index >= 15 is 0 Å². The Kier molecular flexibility index (Phi) is 5.72. The van der Waals surface area contributed by atoms with Crippen molar-refractivity contribution in [1.29, 1.82) is 0 Å². The Hall–Kier alpha value is -0.130. The van der Waals surface area contributed by atoms with E-state index in [2.05, 4.69) is 11.8 Å². The van der Waals surface area contributed by atoms with Gasteiger partial charge in [-0.25, -0.2) is 8.42 Å². The van der Waals surface area contributed by atoms with Crippen LogP contribution in [-0.2, 0) is 9.84 Å². The van der Waals surface area contributed by atoms with Gasteiger partial charge in [0.25, 0.3) is 0 Å². The van der Waals surface area contributed by atoms with E-state index in [1.807, 2.05) is 0 Å². The number of unbranched alkanes of at least 4 members (excludes halogenated alkanes) is 3. The number of hydrogen-bond donors (Lipinski definition) is 1. The molecule has 1 N–H and O–H groups in total. The van der Waals surface area contributed by atoms with E-state index in [1.165, 1.54) is 19.3 Å². The van der Waals surface area contributed by atoms with Crippen molar-refractivity contribution in [2.45, 2.75) is 38.6 Å². The lowest BCUT2D eigenvalue weighted by Crippen LogP contribution is -2.50. The summed E-state index contributed by atoms with van der Waals surface area (Å²) < 4.78 is 22.8. The van der Waals surface area contributed by atoms with E-state index < -0.39 is 9.84 Å². The Morgan fingerprint density at radius 3 is 2.69 bits per heavy atom. The molecule has 0 saturated carbocycles. The number of aliphatic hydroxyl groups is 1. The average Bonchev–Trinajstić information content (AvgIpc) is 2.25. The first kappa shape index (κ1) is 13.9. The van der Waals surface area contributed by atoms with Crippen LogP contribution in [0.3, 0.4) is 0 Å². The van der Waals surface area contributed by atoms with Gasteiger partial charge in [-0.2, -0.15) is 0 Å². The van der Waals surface area contributed by atoms with Crippen LogP contribution in [0.1, 0.15) is 32.6 Å². The minimum Gasteiger partial charge on any atom is -0.395 e. The molecule has 1 heterocycles. The molecule has 0 aliphatic carbocycles. The van der Waals surface area contributed by atoms with Crippen LogP contribution in [0.4, 0.5) is 0 Å². The third-order valence-corrected chi connectivity index (χ3v) is 4.86. The smallest absolute Gasteiger partial charge is 0.153 e. The molecule has 4 nitrogen and oxygen atoms in total. The molecule has 1 rings (SSSR count). The van der Waals surface area contributed by atoms with Crippen molar-refractivity contribution in [2.24, 2.45) is 0 Å². The molecule has 0 aromatic heterocycles. The third kappa shape index (κ3) is 4.39. The minimum absolute atomic E-state index is 0.0486. The van der Waals surface area contributed by atoms with Gasteiger partial charge in [0.15, 0.2) is 9.84 Å². The molecule has 0 aromatic rings. The molecule has 0 unspecified atom stereocenters. The van der Waals surface area contributed by atoms with Gasteiger partial charge in [-0.3, -0.25) is 4.90 Å². The normalized spacial score (nSPS) is 25.8. The van der Waals surface area contributed by atoms with Crippen LogP contribution in [0.2, 0.25) is 0 Å². The van der Waals surface area contributed by atoms with E-state index in [0.29, 0.717) is 6.54 Å². The molecule has 16 heavy (non-hydrogen) atoms. The molecule has 1 saturated heterocycles. The van der Waals surface area contributed by atoms with Gasteiger partial charge in [-0.1, -0.05) is 26.2 Å². The Bertz CT molecular complexity index is 290. The van der Waals surface area contributed by atoms with Crippen molar-refractivity contribution in [3.63, 3.8) is 0 Å². The van der Waals surface area contributed by atoms with Gasteiger partial charge < -0.3 is 5.11 Å². The van der Waals surface area contributed by atoms with Crippen LogP contribution in [0.25, 0.3) is 0 Å². The van der Waals surface area contributed by atoms with Crippen LogP contribution in [-0.4, -0.2) is 55.7 Å². The summed E-state index contributed by atoms with van der Waals surface area (Å²) in [6.07, 6.45) is 4.73. The molecule has 0 spiro atoms. The first-order valence-corrected chi connectivity index (χ1v) is 7.96. The van der Waals surface area contributed by atoms with Crippen LogP contribution >= 0.6 is 0 Å². The topological polar surface area (TPSA) is 57.6 Å². The summed E-state index contributed by atoms with van der Waals surface area (Å²) in [6.45, 7) is 3.62. The second kappa shape index (κ2) is 6.57. The zero-order valence-electron chi connectivity index (χ0n) is 10.1. The van der Waals surface area contributed by atoms with Crippen molar-refractivity contribution in [3.8, 4) is 0 Å². The molecule has 1 aliphatic heterocycles. The lowest BCUT2D eigenvalue weighted by Gasteiger charge is -2.34. The van der Waals surface area contributed by atoms with Gasteiger partial charge in [0.05, 0.1) is 18.1 Å². The lowest BCUT2D eigenvalue weighted by molar-refractivity contribution is 0.134. The van der Waals surface area contributed by atoms with Crippen molar-refractivity contribution in [1.82, 2.24) is 4.90 Å². The molecular weight excluding hydrogens is 226 g/mol. The number of nitrogens with zero attached hydrogens (tertiary/aromatic N) is 1. The minimum atomic E-state index is -2.91. The molecule has 1 atom stereocenters. The number of hydrogen-bond acceptors (Lipinski definition) is 4. The monoisotopic (exact) mass is 249 g/mol. The number of rotatable bonds is 6. The highest BCUT2D eigenvalue weighted by molar-refractivity contribution is 7.91. The van der Waals surface area contributed by atoms with E-state index in [9.17, 15) is 13.5 Å². The van der Waals surface area contributed by atoms with E-state index in [-0.39, 0.29) is 24.2 Å². The largest absolute Gasteiger partial charge is 0.395 e. The van der Waals surface area contributed by atoms with Crippen LogP contribution < -0.4 is 0 Å². The second-order valence-electron chi connectivity index (χ2n) is 4.55. The van der Waals surface area contributed by atoms with Crippen molar-refractivity contribution < 1.29 is 13.5 Å². The summed E-state index contributed by atoms with van der Waals surface area (Å²) in [4.78, 5) is 2.12.